The summed E-state index contributed by atoms with van der Waals surface area (Å²) in [5.74, 6) is -0.123. The molecule has 0 aliphatic carbocycles. The van der Waals surface area contributed by atoms with E-state index in [0.29, 0.717) is 17.8 Å². The number of benzene rings is 1. The van der Waals surface area contributed by atoms with Crippen LogP contribution in [0, 0.1) is 6.92 Å². The van der Waals surface area contributed by atoms with Crippen molar-refractivity contribution in [2.24, 2.45) is 0 Å². The standard InChI is InChI=1S/C18H20N4O/c1-3-4-9-20-18(23)15-12-21-22-16(8-10-19-17(15)22)14-7-5-6-13(2)11-14/h5-8,10-12H,3-4,9H2,1-2H3,(H,20,23). The van der Waals surface area contributed by atoms with Crippen molar-refractivity contribution in [3.63, 3.8) is 0 Å². The molecule has 0 unspecified atom stereocenters. The number of hydrogen-bond acceptors (Lipinski definition) is 3. The first-order valence-electron chi connectivity index (χ1n) is 7.88. The van der Waals surface area contributed by atoms with E-state index in [4.69, 9.17) is 0 Å². The minimum atomic E-state index is -0.123. The summed E-state index contributed by atoms with van der Waals surface area (Å²) in [6, 6.07) is 10.1. The predicted molar refractivity (Wildman–Crippen MR) is 90.4 cm³/mol. The Morgan fingerprint density at radius 3 is 2.96 bits per heavy atom. The quantitative estimate of drug-likeness (QED) is 0.736. The van der Waals surface area contributed by atoms with Crippen molar-refractivity contribution >= 4 is 11.6 Å². The van der Waals surface area contributed by atoms with Crippen molar-refractivity contribution in [2.45, 2.75) is 26.7 Å². The Labute approximate surface area is 135 Å². The summed E-state index contributed by atoms with van der Waals surface area (Å²) in [5.41, 5.74) is 4.25. The van der Waals surface area contributed by atoms with E-state index in [1.165, 1.54) is 5.56 Å². The van der Waals surface area contributed by atoms with Crippen LogP contribution in [0.15, 0.2) is 42.7 Å². The highest BCUT2D eigenvalue weighted by atomic mass is 16.1. The number of unbranched alkanes of at least 4 members (excludes halogenated alkanes) is 1. The molecule has 0 bridgehead atoms. The maximum Gasteiger partial charge on any atom is 0.256 e. The lowest BCUT2D eigenvalue weighted by Gasteiger charge is -2.06. The molecule has 0 radical (unpaired) electrons. The van der Waals surface area contributed by atoms with Gasteiger partial charge in [-0.1, -0.05) is 37.1 Å². The predicted octanol–water partition coefficient (Wildman–Crippen LogP) is 3.23. The van der Waals surface area contributed by atoms with Gasteiger partial charge < -0.3 is 5.32 Å². The van der Waals surface area contributed by atoms with Gasteiger partial charge in [0, 0.05) is 18.3 Å². The summed E-state index contributed by atoms with van der Waals surface area (Å²) in [6.07, 6.45) is 5.32. The molecule has 2 heterocycles. The van der Waals surface area contributed by atoms with Gasteiger partial charge in [-0.25, -0.2) is 9.50 Å². The number of hydrogen-bond donors (Lipinski definition) is 1. The number of aromatic nitrogens is 3. The third-order valence-electron chi connectivity index (χ3n) is 3.78. The Morgan fingerprint density at radius 1 is 1.30 bits per heavy atom. The van der Waals surface area contributed by atoms with E-state index in [9.17, 15) is 4.79 Å². The lowest BCUT2D eigenvalue weighted by atomic mass is 10.1. The van der Waals surface area contributed by atoms with Crippen molar-refractivity contribution in [3.8, 4) is 11.3 Å². The maximum atomic E-state index is 12.3. The molecule has 0 spiro atoms. The van der Waals surface area contributed by atoms with Gasteiger partial charge in [0.25, 0.3) is 5.91 Å². The van der Waals surface area contributed by atoms with E-state index in [-0.39, 0.29) is 5.91 Å². The summed E-state index contributed by atoms with van der Waals surface area (Å²) >= 11 is 0. The van der Waals surface area contributed by atoms with E-state index >= 15 is 0 Å². The van der Waals surface area contributed by atoms with Crippen LogP contribution in [0.3, 0.4) is 0 Å². The van der Waals surface area contributed by atoms with Crippen LogP contribution in [0.25, 0.3) is 16.9 Å². The molecule has 0 aliphatic rings. The average Bonchev–Trinajstić information content (AvgIpc) is 2.99. The summed E-state index contributed by atoms with van der Waals surface area (Å²) in [7, 11) is 0. The first kappa shape index (κ1) is 15.2. The van der Waals surface area contributed by atoms with Gasteiger partial charge in [0.15, 0.2) is 5.65 Å². The van der Waals surface area contributed by atoms with Crippen molar-refractivity contribution in [1.29, 1.82) is 0 Å². The fourth-order valence-electron chi connectivity index (χ4n) is 2.55. The van der Waals surface area contributed by atoms with E-state index in [2.05, 4.69) is 41.4 Å². The molecule has 0 aliphatic heterocycles. The molecule has 23 heavy (non-hydrogen) atoms. The van der Waals surface area contributed by atoms with Crippen LogP contribution in [-0.4, -0.2) is 27.0 Å². The zero-order chi connectivity index (χ0) is 16.2. The number of carbonyl (C=O) groups is 1. The van der Waals surface area contributed by atoms with Crippen LogP contribution in [0.5, 0.6) is 0 Å². The SMILES string of the molecule is CCCCNC(=O)c1cnn2c(-c3cccc(C)c3)ccnc12. The fraction of sp³-hybridized carbons (Fsp3) is 0.278. The van der Waals surface area contributed by atoms with E-state index in [0.717, 1.165) is 24.1 Å². The number of fused-ring (bicyclic) bond motifs is 1. The molecular weight excluding hydrogens is 288 g/mol. The van der Waals surface area contributed by atoms with Crippen LogP contribution in [0.4, 0.5) is 0 Å². The third kappa shape index (κ3) is 3.08. The second-order valence-corrected chi connectivity index (χ2v) is 5.60. The van der Waals surface area contributed by atoms with Crippen LogP contribution in [0.1, 0.15) is 35.7 Å². The molecule has 1 aromatic carbocycles. The largest absolute Gasteiger partial charge is 0.352 e. The van der Waals surface area contributed by atoms with Crippen LogP contribution in [0.2, 0.25) is 0 Å². The first-order chi connectivity index (χ1) is 11.2. The molecule has 0 saturated heterocycles. The molecular formula is C18H20N4O. The monoisotopic (exact) mass is 308 g/mol. The van der Waals surface area contributed by atoms with Crippen LogP contribution >= 0.6 is 0 Å². The number of nitrogens with zero attached hydrogens (tertiary/aromatic N) is 3. The van der Waals surface area contributed by atoms with Gasteiger partial charge >= 0.3 is 0 Å². The Kier molecular flexibility index (Phi) is 4.37. The smallest absolute Gasteiger partial charge is 0.256 e. The lowest BCUT2D eigenvalue weighted by Crippen LogP contribution is -2.24. The highest BCUT2D eigenvalue weighted by Gasteiger charge is 2.15. The van der Waals surface area contributed by atoms with Gasteiger partial charge in [-0.2, -0.15) is 5.10 Å². The normalized spacial score (nSPS) is 10.9. The highest BCUT2D eigenvalue weighted by molar-refractivity contribution is 5.99. The summed E-state index contributed by atoms with van der Waals surface area (Å²) < 4.78 is 1.73. The molecule has 1 amide bonds. The molecule has 0 fully saturated rings. The van der Waals surface area contributed by atoms with Crippen LogP contribution in [-0.2, 0) is 0 Å². The molecule has 3 rings (SSSR count). The zero-order valence-corrected chi connectivity index (χ0v) is 13.4. The van der Waals surface area contributed by atoms with Crippen molar-refractivity contribution in [2.75, 3.05) is 6.54 Å². The number of rotatable bonds is 5. The van der Waals surface area contributed by atoms with Gasteiger partial charge in [-0.05, 0) is 25.5 Å². The molecule has 3 aromatic rings. The lowest BCUT2D eigenvalue weighted by molar-refractivity contribution is 0.0954. The fourth-order valence-corrected chi connectivity index (χ4v) is 2.55. The minimum absolute atomic E-state index is 0.123. The van der Waals surface area contributed by atoms with Gasteiger partial charge in [0.1, 0.15) is 5.56 Å². The van der Waals surface area contributed by atoms with E-state index in [1.807, 2.05) is 18.2 Å². The third-order valence-corrected chi connectivity index (χ3v) is 3.78. The molecule has 0 atom stereocenters. The van der Waals surface area contributed by atoms with E-state index < -0.39 is 0 Å². The number of nitrogens with one attached hydrogen (secondary N) is 1. The average molecular weight is 308 g/mol. The van der Waals surface area contributed by atoms with Crippen molar-refractivity contribution in [1.82, 2.24) is 19.9 Å². The highest BCUT2D eigenvalue weighted by Crippen LogP contribution is 2.21. The zero-order valence-electron chi connectivity index (χ0n) is 13.4. The topological polar surface area (TPSA) is 59.3 Å². The molecule has 5 heteroatoms. The van der Waals surface area contributed by atoms with Crippen molar-refractivity contribution < 1.29 is 4.79 Å². The van der Waals surface area contributed by atoms with Gasteiger partial charge in [0.05, 0.1) is 11.9 Å². The Balaban J connectivity index is 1.99. The summed E-state index contributed by atoms with van der Waals surface area (Å²) in [5, 5.41) is 7.28. The number of aryl methyl sites for hydroxylation is 1. The molecule has 5 nitrogen and oxygen atoms in total. The Hall–Kier alpha value is -2.69. The number of amides is 1. The minimum Gasteiger partial charge on any atom is -0.352 e. The first-order valence-corrected chi connectivity index (χ1v) is 7.88. The number of carbonyl (C=O) groups excluding carboxylic acids is 1. The second kappa shape index (κ2) is 6.60. The second-order valence-electron chi connectivity index (χ2n) is 5.60. The van der Waals surface area contributed by atoms with E-state index in [1.54, 1.807) is 16.9 Å². The maximum absolute atomic E-state index is 12.3. The summed E-state index contributed by atoms with van der Waals surface area (Å²) in [6.45, 7) is 4.82. The summed E-state index contributed by atoms with van der Waals surface area (Å²) in [4.78, 5) is 16.6. The Bertz CT molecular complexity index is 838. The van der Waals surface area contributed by atoms with Gasteiger partial charge in [0.2, 0.25) is 0 Å². The molecule has 118 valence electrons. The molecule has 1 N–H and O–H groups in total. The van der Waals surface area contributed by atoms with Crippen molar-refractivity contribution in [3.05, 3.63) is 53.9 Å². The Morgan fingerprint density at radius 2 is 2.17 bits per heavy atom. The molecule has 0 saturated carbocycles. The molecule has 2 aromatic heterocycles. The van der Waals surface area contributed by atoms with Crippen LogP contribution < -0.4 is 5.32 Å². The van der Waals surface area contributed by atoms with Gasteiger partial charge in [-0.3, -0.25) is 4.79 Å². The van der Waals surface area contributed by atoms with Gasteiger partial charge in [-0.15, -0.1) is 0 Å².